The third kappa shape index (κ3) is 4.40. The quantitative estimate of drug-likeness (QED) is 0.740. The van der Waals surface area contributed by atoms with Crippen LogP contribution >= 0.6 is 0 Å². The lowest BCUT2D eigenvalue weighted by molar-refractivity contribution is 0.0698. The molecule has 0 unspecified atom stereocenters. The average Bonchev–Trinajstić information content (AvgIpc) is 3.29. The number of likely N-dealkylation sites (tertiary alicyclic amines) is 1. The highest BCUT2D eigenvalue weighted by Crippen LogP contribution is 2.16. The second kappa shape index (κ2) is 8.35. The maximum absolute atomic E-state index is 12.7. The lowest BCUT2D eigenvalue weighted by Crippen LogP contribution is -2.46. The van der Waals surface area contributed by atoms with Gasteiger partial charge in [0.05, 0.1) is 0 Å². The summed E-state index contributed by atoms with van der Waals surface area (Å²) in [5, 5.41) is 3.11. The average molecular weight is 387 g/mol. The molecule has 148 valence electrons. The molecule has 1 aliphatic heterocycles. The van der Waals surface area contributed by atoms with Crippen LogP contribution < -0.4 is 5.32 Å². The van der Waals surface area contributed by atoms with Crippen molar-refractivity contribution in [3.63, 3.8) is 0 Å². The molecule has 2 heterocycles. The Kier molecular flexibility index (Phi) is 5.47. The van der Waals surface area contributed by atoms with E-state index in [0.29, 0.717) is 18.7 Å². The number of piperidine rings is 1. The molecular formula is C24H25N3O2. The summed E-state index contributed by atoms with van der Waals surface area (Å²) in [5.41, 5.74) is 3.49. The zero-order valence-corrected chi connectivity index (χ0v) is 16.5. The Labute approximate surface area is 171 Å². The highest BCUT2D eigenvalue weighted by atomic mass is 16.2. The molecule has 1 N–H and O–H groups in total. The van der Waals surface area contributed by atoms with Crippen LogP contribution in [-0.4, -0.2) is 40.4 Å². The lowest BCUT2D eigenvalue weighted by atomic mass is 10.0. The van der Waals surface area contributed by atoms with Gasteiger partial charge in [0.2, 0.25) is 0 Å². The minimum absolute atomic E-state index is 0.0625. The molecular weight excluding hydrogens is 362 g/mol. The van der Waals surface area contributed by atoms with Gasteiger partial charge in [-0.2, -0.15) is 0 Å². The maximum atomic E-state index is 12.7. The second-order valence-corrected chi connectivity index (χ2v) is 7.55. The van der Waals surface area contributed by atoms with Gasteiger partial charge in [-0.1, -0.05) is 17.7 Å². The van der Waals surface area contributed by atoms with Gasteiger partial charge in [0.15, 0.2) is 0 Å². The van der Waals surface area contributed by atoms with Crippen LogP contribution in [0.15, 0.2) is 73.1 Å². The number of benzene rings is 2. The normalized spacial score (nSPS) is 14.6. The highest BCUT2D eigenvalue weighted by Gasteiger charge is 2.25. The zero-order valence-electron chi connectivity index (χ0n) is 16.5. The van der Waals surface area contributed by atoms with Gasteiger partial charge in [0.1, 0.15) is 0 Å². The van der Waals surface area contributed by atoms with Crippen molar-refractivity contribution in [3.05, 3.63) is 89.7 Å². The smallest absolute Gasteiger partial charge is 0.253 e. The van der Waals surface area contributed by atoms with Crippen LogP contribution in [0.3, 0.4) is 0 Å². The van der Waals surface area contributed by atoms with Crippen molar-refractivity contribution in [3.8, 4) is 5.69 Å². The van der Waals surface area contributed by atoms with E-state index in [1.165, 1.54) is 0 Å². The first-order valence-corrected chi connectivity index (χ1v) is 10.0. The van der Waals surface area contributed by atoms with Crippen LogP contribution in [0.1, 0.15) is 39.1 Å². The Morgan fingerprint density at radius 1 is 0.897 bits per heavy atom. The van der Waals surface area contributed by atoms with Crippen LogP contribution in [0.4, 0.5) is 0 Å². The minimum atomic E-state index is -0.0625. The maximum Gasteiger partial charge on any atom is 0.253 e. The fourth-order valence-electron chi connectivity index (χ4n) is 3.75. The number of carbonyl (C=O) groups is 2. The van der Waals surface area contributed by atoms with Crippen LogP contribution in [-0.2, 0) is 0 Å². The first kappa shape index (κ1) is 19.0. The number of hydrogen-bond acceptors (Lipinski definition) is 2. The number of rotatable bonds is 4. The molecule has 29 heavy (non-hydrogen) atoms. The predicted octanol–water partition coefficient (Wildman–Crippen LogP) is 3.82. The van der Waals surface area contributed by atoms with E-state index < -0.39 is 0 Å². The Bertz CT molecular complexity index is 985. The third-order valence-corrected chi connectivity index (χ3v) is 5.41. The lowest BCUT2D eigenvalue weighted by Gasteiger charge is -2.32. The molecule has 0 bridgehead atoms. The fraction of sp³-hybridized carbons (Fsp3) is 0.250. The first-order valence-electron chi connectivity index (χ1n) is 10.0. The van der Waals surface area contributed by atoms with E-state index in [-0.39, 0.29) is 17.9 Å². The SMILES string of the molecule is Cc1cccc(C(=O)N2CCC(NC(=O)c3ccc(-n4cccc4)cc3)CC2)c1. The molecule has 1 aliphatic rings. The molecule has 1 fully saturated rings. The number of hydrogen-bond donors (Lipinski definition) is 1. The van der Waals surface area contributed by atoms with Crippen molar-refractivity contribution in [1.82, 2.24) is 14.8 Å². The molecule has 1 aromatic heterocycles. The van der Waals surface area contributed by atoms with E-state index in [2.05, 4.69) is 5.32 Å². The molecule has 1 saturated heterocycles. The summed E-state index contributed by atoms with van der Waals surface area (Å²) in [4.78, 5) is 27.1. The highest BCUT2D eigenvalue weighted by molar-refractivity contribution is 5.95. The summed E-state index contributed by atoms with van der Waals surface area (Å²) in [6.07, 6.45) is 5.48. The predicted molar refractivity (Wildman–Crippen MR) is 113 cm³/mol. The van der Waals surface area contributed by atoms with E-state index in [0.717, 1.165) is 29.7 Å². The van der Waals surface area contributed by atoms with Gasteiger partial charge in [-0.3, -0.25) is 9.59 Å². The van der Waals surface area contributed by atoms with Gasteiger partial charge in [0.25, 0.3) is 11.8 Å². The first-order chi connectivity index (χ1) is 14.1. The number of aryl methyl sites for hydroxylation is 1. The largest absolute Gasteiger partial charge is 0.349 e. The molecule has 0 spiro atoms. The van der Waals surface area contributed by atoms with Crippen LogP contribution in [0, 0.1) is 6.92 Å². The summed E-state index contributed by atoms with van der Waals surface area (Å²) in [7, 11) is 0. The number of nitrogens with one attached hydrogen (secondary N) is 1. The van der Waals surface area contributed by atoms with Gasteiger partial charge >= 0.3 is 0 Å². The molecule has 0 radical (unpaired) electrons. The molecule has 2 aromatic carbocycles. The Morgan fingerprint density at radius 2 is 1.59 bits per heavy atom. The molecule has 0 saturated carbocycles. The summed E-state index contributed by atoms with van der Waals surface area (Å²) >= 11 is 0. The van der Waals surface area contributed by atoms with Crippen LogP contribution in [0.25, 0.3) is 5.69 Å². The minimum Gasteiger partial charge on any atom is -0.349 e. The van der Waals surface area contributed by atoms with E-state index in [9.17, 15) is 9.59 Å². The van der Waals surface area contributed by atoms with Gasteiger partial charge in [0, 0.05) is 48.3 Å². The molecule has 2 amide bonds. The summed E-state index contributed by atoms with van der Waals surface area (Å²) < 4.78 is 2.00. The van der Waals surface area contributed by atoms with Crippen molar-refractivity contribution >= 4 is 11.8 Å². The Hall–Kier alpha value is -3.34. The van der Waals surface area contributed by atoms with Gasteiger partial charge in [-0.15, -0.1) is 0 Å². The van der Waals surface area contributed by atoms with E-state index in [1.54, 1.807) is 0 Å². The summed E-state index contributed by atoms with van der Waals surface area (Å²) in [6.45, 7) is 3.30. The van der Waals surface area contributed by atoms with Gasteiger partial charge in [-0.05, 0) is 68.3 Å². The van der Waals surface area contributed by atoms with Crippen molar-refractivity contribution in [2.45, 2.75) is 25.8 Å². The Morgan fingerprint density at radius 3 is 2.24 bits per heavy atom. The molecule has 0 aliphatic carbocycles. The fourth-order valence-corrected chi connectivity index (χ4v) is 3.75. The molecule has 4 rings (SSSR count). The number of carbonyl (C=O) groups excluding carboxylic acids is 2. The monoisotopic (exact) mass is 387 g/mol. The topological polar surface area (TPSA) is 54.3 Å². The molecule has 0 atom stereocenters. The molecule has 5 nitrogen and oxygen atoms in total. The number of aromatic nitrogens is 1. The molecule has 3 aromatic rings. The van der Waals surface area contributed by atoms with Crippen molar-refractivity contribution in [2.24, 2.45) is 0 Å². The summed E-state index contributed by atoms with van der Waals surface area (Å²) in [5.74, 6) is 0.00611. The standard InChI is InChI=1S/C24H25N3O2/c1-18-5-4-6-20(17-18)24(29)27-15-11-21(12-16-27)25-23(28)19-7-9-22(10-8-19)26-13-2-3-14-26/h2-10,13-14,17,21H,11-12,15-16H2,1H3,(H,25,28). The summed E-state index contributed by atoms with van der Waals surface area (Å²) in [6, 6.07) is 19.3. The Balaban J connectivity index is 1.31. The van der Waals surface area contributed by atoms with Crippen molar-refractivity contribution in [2.75, 3.05) is 13.1 Å². The van der Waals surface area contributed by atoms with Gasteiger partial charge < -0.3 is 14.8 Å². The van der Waals surface area contributed by atoms with Crippen molar-refractivity contribution in [1.29, 1.82) is 0 Å². The zero-order chi connectivity index (χ0) is 20.2. The third-order valence-electron chi connectivity index (χ3n) is 5.41. The van der Waals surface area contributed by atoms with Crippen LogP contribution in [0.2, 0.25) is 0 Å². The van der Waals surface area contributed by atoms with E-state index in [4.69, 9.17) is 0 Å². The van der Waals surface area contributed by atoms with Crippen LogP contribution in [0.5, 0.6) is 0 Å². The van der Waals surface area contributed by atoms with E-state index in [1.807, 2.05) is 89.4 Å². The van der Waals surface area contributed by atoms with Crippen molar-refractivity contribution < 1.29 is 9.59 Å². The number of amides is 2. The molecule has 5 heteroatoms. The number of nitrogens with zero attached hydrogens (tertiary/aromatic N) is 2. The van der Waals surface area contributed by atoms with Gasteiger partial charge in [-0.25, -0.2) is 0 Å². The second-order valence-electron chi connectivity index (χ2n) is 7.55. The van der Waals surface area contributed by atoms with E-state index >= 15 is 0 Å².